The molecule has 2 aromatic heterocycles. The maximum atomic E-state index is 12.4. The van der Waals surface area contributed by atoms with Crippen molar-refractivity contribution in [2.24, 2.45) is 0 Å². The Morgan fingerprint density at radius 3 is 2.73 bits per heavy atom. The minimum absolute atomic E-state index is 0.176. The molecule has 2 heterocycles. The van der Waals surface area contributed by atoms with Gasteiger partial charge in [-0.3, -0.25) is 19.5 Å². The molecule has 0 aliphatic carbocycles. The highest BCUT2D eigenvalue weighted by molar-refractivity contribution is 5.83. The van der Waals surface area contributed by atoms with Crippen molar-refractivity contribution in [3.63, 3.8) is 0 Å². The van der Waals surface area contributed by atoms with Crippen LogP contribution in [0.2, 0.25) is 0 Å². The SMILES string of the molecule is Cc1nc2cc[nH]n2c(=O)c1CC(=O)N(CC(=O)O)C(C)C. The quantitative estimate of drug-likeness (QED) is 0.820. The molecule has 0 spiro atoms. The van der Waals surface area contributed by atoms with Crippen LogP contribution in [0.4, 0.5) is 0 Å². The summed E-state index contributed by atoms with van der Waals surface area (Å²) in [7, 11) is 0. The Bertz CT molecular complexity index is 775. The van der Waals surface area contributed by atoms with E-state index in [4.69, 9.17) is 5.11 Å². The van der Waals surface area contributed by atoms with Crippen molar-refractivity contribution in [1.82, 2.24) is 19.5 Å². The molecule has 8 heteroatoms. The van der Waals surface area contributed by atoms with Crippen molar-refractivity contribution in [1.29, 1.82) is 0 Å². The number of rotatable bonds is 5. The van der Waals surface area contributed by atoms with Gasteiger partial charge in [0.25, 0.3) is 5.56 Å². The first-order valence-corrected chi connectivity index (χ1v) is 6.88. The van der Waals surface area contributed by atoms with Gasteiger partial charge in [0.1, 0.15) is 6.54 Å². The number of carbonyl (C=O) groups excluding carboxylic acids is 1. The van der Waals surface area contributed by atoms with E-state index >= 15 is 0 Å². The van der Waals surface area contributed by atoms with Crippen LogP contribution < -0.4 is 5.56 Å². The van der Waals surface area contributed by atoms with Gasteiger partial charge in [-0.05, 0) is 20.8 Å². The molecule has 1 amide bonds. The van der Waals surface area contributed by atoms with E-state index < -0.39 is 18.4 Å². The van der Waals surface area contributed by atoms with Gasteiger partial charge >= 0.3 is 5.97 Å². The number of carbonyl (C=O) groups is 2. The van der Waals surface area contributed by atoms with Gasteiger partial charge in [0.15, 0.2) is 5.65 Å². The van der Waals surface area contributed by atoms with E-state index in [1.54, 1.807) is 33.0 Å². The standard InChI is InChI=1S/C14H18N4O4/c1-8(2)17(7-13(20)21)12(19)6-10-9(3)16-11-4-5-15-18(11)14(10)22/h4-5,8,15H,6-7H2,1-3H3,(H,20,21). The molecule has 0 unspecified atom stereocenters. The summed E-state index contributed by atoms with van der Waals surface area (Å²) in [6, 6.07) is 1.39. The Kier molecular flexibility index (Phi) is 4.30. The average Bonchev–Trinajstić information content (AvgIpc) is 2.88. The molecular formula is C14H18N4O4. The number of fused-ring (bicyclic) bond motifs is 1. The van der Waals surface area contributed by atoms with Gasteiger partial charge < -0.3 is 10.0 Å². The van der Waals surface area contributed by atoms with Crippen LogP contribution >= 0.6 is 0 Å². The minimum Gasteiger partial charge on any atom is -0.480 e. The number of hydrogen-bond donors (Lipinski definition) is 2. The molecule has 0 bridgehead atoms. The summed E-state index contributed by atoms with van der Waals surface area (Å²) in [5, 5.41) is 11.6. The Morgan fingerprint density at radius 1 is 1.45 bits per heavy atom. The zero-order valence-electron chi connectivity index (χ0n) is 12.7. The lowest BCUT2D eigenvalue weighted by Crippen LogP contribution is -2.42. The predicted molar refractivity (Wildman–Crippen MR) is 78.7 cm³/mol. The second-order valence-corrected chi connectivity index (χ2v) is 5.32. The third kappa shape index (κ3) is 3.00. The first-order chi connectivity index (χ1) is 10.3. The Hall–Kier alpha value is -2.64. The number of hydrogen-bond acceptors (Lipinski definition) is 4. The fourth-order valence-electron chi connectivity index (χ4n) is 2.27. The monoisotopic (exact) mass is 306 g/mol. The molecule has 22 heavy (non-hydrogen) atoms. The highest BCUT2D eigenvalue weighted by atomic mass is 16.4. The summed E-state index contributed by atoms with van der Waals surface area (Å²) in [6.45, 7) is 4.73. The average molecular weight is 306 g/mol. The Labute approximate surface area is 126 Å². The number of nitrogens with zero attached hydrogens (tertiary/aromatic N) is 3. The lowest BCUT2D eigenvalue weighted by molar-refractivity contribution is -0.145. The molecule has 2 aromatic rings. The predicted octanol–water partition coefficient (Wildman–Crippen LogP) is 0.195. The Morgan fingerprint density at radius 2 is 2.14 bits per heavy atom. The molecule has 0 aromatic carbocycles. The smallest absolute Gasteiger partial charge is 0.323 e. The maximum Gasteiger partial charge on any atom is 0.323 e. The summed E-state index contributed by atoms with van der Waals surface area (Å²) in [5.74, 6) is -1.50. The maximum absolute atomic E-state index is 12.4. The number of H-pyrrole nitrogens is 1. The van der Waals surface area contributed by atoms with Crippen LogP contribution in [0.25, 0.3) is 5.65 Å². The molecule has 0 fully saturated rings. The first kappa shape index (κ1) is 15.7. The topological polar surface area (TPSA) is 108 Å². The zero-order valence-corrected chi connectivity index (χ0v) is 12.7. The number of amides is 1. The second-order valence-electron chi connectivity index (χ2n) is 5.32. The van der Waals surface area contributed by atoms with Gasteiger partial charge in [0.05, 0.1) is 6.42 Å². The summed E-state index contributed by atoms with van der Waals surface area (Å²) in [5.41, 5.74) is 0.864. The molecule has 2 rings (SSSR count). The zero-order chi connectivity index (χ0) is 16.4. The molecule has 0 aliphatic rings. The Balaban J connectivity index is 2.35. The van der Waals surface area contributed by atoms with Gasteiger partial charge in [-0.25, -0.2) is 9.50 Å². The summed E-state index contributed by atoms with van der Waals surface area (Å²) < 4.78 is 1.26. The molecule has 8 nitrogen and oxygen atoms in total. The van der Waals surface area contributed by atoms with E-state index in [2.05, 4.69) is 10.1 Å². The van der Waals surface area contributed by atoms with E-state index in [0.29, 0.717) is 11.3 Å². The molecular weight excluding hydrogens is 288 g/mol. The van der Waals surface area contributed by atoms with Gasteiger partial charge in [-0.1, -0.05) is 0 Å². The fourth-order valence-corrected chi connectivity index (χ4v) is 2.27. The molecule has 0 atom stereocenters. The lowest BCUT2D eigenvalue weighted by Gasteiger charge is -2.25. The number of aliphatic carboxylic acids is 1. The number of aryl methyl sites for hydroxylation is 1. The summed E-state index contributed by atoms with van der Waals surface area (Å²) >= 11 is 0. The van der Waals surface area contributed by atoms with Crippen molar-refractivity contribution in [2.45, 2.75) is 33.2 Å². The highest BCUT2D eigenvalue weighted by Gasteiger charge is 2.22. The minimum atomic E-state index is -1.09. The van der Waals surface area contributed by atoms with Crippen LogP contribution in [-0.4, -0.2) is 49.1 Å². The van der Waals surface area contributed by atoms with Gasteiger partial charge in [0, 0.05) is 29.6 Å². The molecule has 0 saturated carbocycles. The van der Waals surface area contributed by atoms with E-state index in [1.165, 1.54) is 9.42 Å². The van der Waals surface area contributed by atoms with E-state index in [-0.39, 0.29) is 23.6 Å². The van der Waals surface area contributed by atoms with Gasteiger partial charge in [-0.2, -0.15) is 0 Å². The van der Waals surface area contributed by atoms with Crippen LogP contribution in [0, 0.1) is 6.92 Å². The molecule has 0 aliphatic heterocycles. The highest BCUT2D eigenvalue weighted by Crippen LogP contribution is 2.08. The molecule has 2 N–H and O–H groups in total. The van der Waals surface area contributed by atoms with Crippen molar-refractivity contribution in [3.8, 4) is 0 Å². The van der Waals surface area contributed by atoms with Crippen LogP contribution in [0.15, 0.2) is 17.1 Å². The van der Waals surface area contributed by atoms with E-state index in [1.807, 2.05) is 0 Å². The van der Waals surface area contributed by atoms with E-state index in [0.717, 1.165) is 0 Å². The van der Waals surface area contributed by atoms with Crippen molar-refractivity contribution >= 4 is 17.5 Å². The van der Waals surface area contributed by atoms with Crippen molar-refractivity contribution < 1.29 is 14.7 Å². The summed E-state index contributed by atoms with van der Waals surface area (Å²) in [6.07, 6.45) is 1.41. The number of carboxylic acids is 1. The third-order valence-corrected chi connectivity index (χ3v) is 3.42. The largest absolute Gasteiger partial charge is 0.480 e. The number of aromatic amines is 1. The third-order valence-electron chi connectivity index (χ3n) is 3.42. The first-order valence-electron chi connectivity index (χ1n) is 6.88. The number of aromatic nitrogens is 3. The number of carboxylic acid groups (broad SMARTS) is 1. The van der Waals surface area contributed by atoms with Crippen LogP contribution in [0.1, 0.15) is 25.1 Å². The second kappa shape index (κ2) is 6.00. The van der Waals surface area contributed by atoms with Crippen molar-refractivity contribution in [2.75, 3.05) is 6.54 Å². The normalized spacial score (nSPS) is 11.1. The molecule has 0 saturated heterocycles. The molecule has 118 valence electrons. The van der Waals surface area contributed by atoms with Gasteiger partial charge in [-0.15, -0.1) is 0 Å². The lowest BCUT2D eigenvalue weighted by atomic mass is 10.1. The summed E-state index contributed by atoms with van der Waals surface area (Å²) in [4.78, 5) is 41.1. The van der Waals surface area contributed by atoms with Crippen molar-refractivity contribution in [3.05, 3.63) is 33.9 Å². The molecule has 0 radical (unpaired) electrons. The van der Waals surface area contributed by atoms with Crippen LogP contribution in [0.5, 0.6) is 0 Å². The fraction of sp³-hybridized carbons (Fsp3) is 0.429. The number of nitrogens with one attached hydrogen (secondary N) is 1. The van der Waals surface area contributed by atoms with Gasteiger partial charge in [0.2, 0.25) is 5.91 Å². The van der Waals surface area contributed by atoms with Crippen LogP contribution in [-0.2, 0) is 16.0 Å². The van der Waals surface area contributed by atoms with Crippen LogP contribution in [0.3, 0.4) is 0 Å². The van der Waals surface area contributed by atoms with E-state index in [9.17, 15) is 14.4 Å².